The quantitative estimate of drug-likeness (QED) is 0.153. The highest BCUT2D eigenvalue weighted by atomic mass is 35.5. The number of nitrogen functional groups attached to an aromatic ring is 1. The number of anilines is 4. The number of halogens is 1. The molecule has 1 amide bonds. The number of carboxylic acid groups (broad SMARTS) is 1. The maximum absolute atomic E-state index is 13.0. The van der Waals surface area contributed by atoms with Gasteiger partial charge in [-0.15, -0.1) is 0 Å². The minimum atomic E-state index is -1.08. The van der Waals surface area contributed by atoms with Crippen molar-refractivity contribution in [2.24, 2.45) is 42.3 Å². The predicted molar refractivity (Wildman–Crippen MR) is 335 cm³/mol. The van der Waals surface area contributed by atoms with Gasteiger partial charge in [-0.05, 0) is 84.0 Å². The van der Waals surface area contributed by atoms with Crippen molar-refractivity contribution in [3.8, 4) is 22.8 Å². The van der Waals surface area contributed by atoms with Crippen LogP contribution < -0.4 is 54.6 Å². The standard InChI is InChI=1S/C23H26N10O3.C13H16N6.C10H11ClN4O3.C10H12N4O4/c1-13-6-5-9-32(13)22-25-10-15(11-26-22)18-24-8-7-16(28-18)29-20(34)14(2)33-12-27-19-17(33)21(35)31(4)23(36)30(19)3;1-9-3-2-6-19(9)13-16-7-10(8-17-13)12-15-5-4-11(14)18-12;1-5(7(11)16)15-4-12-8-6(15)9(17)14(3)10(18)13(8)2;1-5(9(16)17)14-4-11-7-6(14)8(15)13(3)10(18)12(7)2/h7-8,10-14H,5-6,9H2,1-4H3,(H,24,28,29,34);4-5,7-9H,2-3,6H2,1H3,(H2,14,15,18);4-5H,1-3H3;4-5H,1-3H3,(H,16,17)/t13-,14+;9-;2*5-/m1100/s1. The fraction of sp³-hybridized carbons (Fsp3) is 0.393. The van der Waals surface area contributed by atoms with E-state index in [2.05, 4.69) is 83.8 Å². The fourth-order valence-corrected chi connectivity index (χ4v) is 10.4. The summed E-state index contributed by atoms with van der Waals surface area (Å²) in [4.78, 5) is 159. The summed E-state index contributed by atoms with van der Waals surface area (Å²) in [6.07, 6.45) is 18.6. The monoisotopic (exact) mass is 1270 g/mol. The summed E-state index contributed by atoms with van der Waals surface area (Å²) in [6.45, 7) is 10.9. The number of aromatic nitrogens is 20. The normalized spacial score (nSPS) is 15.5. The first-order valence-electron chi connectivity index (χ1n) is 28.4. The number of aryl methyl sites for hydroxylation is 3. The van der Waals surface area contributed by atoms with E-state index >= 15 is 0 Å². The molecule has 2 aliphatic heterocycles. The zero-order chi connectivity index (χ0) is 66.0. The van der Waals surface area contributed by atoms with E-state index in [-0.39, 0.29) is 33.5 Å². The predicted octanol–water partition coefficient (Wildman–Crippen LogP) is 1.21. The number of carbonyl (C=O) groups is 3. The summed E-state index contributed by atoms with van der Waals surface area (Å²) in [5, 5.41) is 11.1. The molecule has 12 heterocycles. The van der Waals surface area contributed by atoms with Crippen molar-refractivity contribution in [2.75, 3.05) is 33.9 Å². The number of rotatable bonds is 11. The van der Waals surface area contributed by atoms with Crippen molar-refractivity contribution in [1.29, 1.82) is 0 Å². The smallest absolute Gasteiger partial charge is 0.332 e. The SMILES string of the molecule is C[C@@H](C(=O)Cl)n1cnc2c1c(=O)n(C)c(=O)n2C.C[C@@H](C(=O)O)n1cnc2c1c(=O)n(C)c(=O)n2C.C[C@@H]1CCCN1c1ncc(-c2nccc(N)n2)cn1.C[C@@H]1CCCN1c1ncc(-c2nccc(NC(=O)[C@H](C)n3cnc4c3c(=O)n(C)c(=O)n4C)n2)cn1. The van der Waals surface area contributed by atoms with Crippen molar-refractivity contribution in [3.63, 3.8) is 0 Å². The highest BCUT2D eigenvalue weighted by molar-refractivity contribution is 6.64. The first-order chi connectivity index (χ1) is 43.2. The maximum atomic E-state index is 13.0. The molecule has 0 radical (unpaired) electrons. The van der Waals surface area contributed by atoms with Gasteiger partial charge in [0.1, 0.15) is 29.8 Å². The number of hydrogen-bond donors (Lipinski definition) is 3. The molecule has 91 heavy (non-hydrogen) atoms. The third-order valence-electron chi connectivity index (χ3n) is 15.8. The zero-order valence-corrected chi connectivity index (χ0v) is 52.2. The van der Waals surface area contributed by atoms with E-state index in [9.17, 15) is 43.2 Å². The van der Waals surface area contributed by atoms with Crippen LogP contribution in [0.2, 0.25) is 0 Å². The molecule has 0 bridgehead atoms. The van der Waals surface area contributed by atoms with Crippen molar-refractivity contribution in [2.45, 2.75) is 90.5 Å². The van der Waals surface area contributed by atoms with Gasteiger partial charge < -0.3 is 39.7 Å². The molecule has 10 aromatic heterocycles. The molecule has 2 saturated heterocycles. The summed E-state index contributed by atoms with van der Waals surface area (Å²) in [5.41, 5.74) is 5.07. The highest BCUT2D eigenvalue weighted by Crippen LogP contribution is 2.26. The van der Waals surface area contributed by atoms with E-state index in [0.717, 1.165) is 51.1 Å². The number of nitrogens with two attached hydrogens (primary N) is 1. The van der Waals surface area contributed by atoms with Gasteiger partial charge in [0.15, 0.2) is 45.1 Å². The Bertz CT molecular complexity index is 4680. The molecule has 0 unspecified atom stereocenters. The lowest BCUT2D eigenvalue weighted by molar-refractivity contribution is -0.140. The van der Waals surface area contributed by atoms with E-state index in [1.165, 1.54) is 115 Å². The third kappa shape index (κ3) is 12.7. The van der Waals surface area contributed by atoms with Crippen LogP contribution in [-0.2, 0) is 56.7 Å². The second kappa shape index (κ2) is 26.4. The minimum Gasteiger partial charge on any atom is -0.480 e. The first-order valence-corrected chi connectivity index (χ1v) is 28.8. The van der Waals surface area contributed by atoms with Crippen LogP contribution >= 0.6 is 11.6 Å². The second-order valence-corrected chi connectivity index (χ2v) is 22.1. The Morgan fingerprint density at radius 3 is 1.27 bits per heavy atom. The van der Waals surface area contributed by atoms with Crippen LogP contribution in [0.3, 0.4) is 0 Å². The molecule has 10 aromatic rings. The maximum Gasteiger partial charge on any atom is 0.332 e. The average Bonchev–Trinajstić information content (AvgIpc) is 1.69. The van der Waals surface area contributed by atoms with Gasteiger partial charge in [-0.1, -0.05) is 0 Å². The largest absolute Gasteiger partial charge is 0.480 e. The number of nitrogens with zero attached hydrogens (tertiary/aromatic N) is 22. The Kier molecular flexibility index (Phi) is 18.7. The van der Waals surface area contributed by atoms with Crippen LogP contribution in [0.4, 0.5) is 23.5 Å². The number of hydrogen-bond acceptors (Lipinski definition) is 23. The van der Waals surface area contributed by atoms with Crippen LogP contribution in [0.15, 0.2) is 97.1 Å². The molecule has 35 heteroatoms. The Hall–Kier alpha value is -10.9. The van der Waals surface area contributed by atoms with Gasteiger partial charge in [0, 0.05) is 105 Å². The van der Waals surface area contributed by atoms with Crippen molar-refractivity contribution >= 4 is 85.7 Å². The van der Waals surface area contributed by atoms with Gasteiger partial charge in [0.2, 0.25) is 23.0 Å². The zero-order valence-electron chi connectivity index (χ0n) is 51.4. The molecule has 0 aromatic carbocycles. The Morgan fingerprint density at radius 1 is 0.538 bits per heavy atom. The lowest BCUT2D eigenvalue weighted by atomic mass is 10.2. The van der Waals surface area contributed by atoms with Crippen LogP contribution in [0, 0.1) is 0 Å². The van der Waals surface area contributed by atoms with Gasteiger partial charge in [-0.3, -0.25) is 51.4 Å². The van der Waals surface area contributed by atoms with Gasteiger partial charge in [0.25, 0.3) is 16.7 Å². The Morgan fingerprint density at radius 2 is 0.912 bits per heavy atom. The number of amides is 1. The second-order valence-electron chi connectivity index (χ2n) is 21.7. The number of aliphatic carboxylic acids is 1. The van der Waals surface area contributed by atoms with Crippen LogP contribution in [0.1, 0.15) is 78.4 Å². The topological polar surface area (TPSA) is 405 Å². The molecule has 0 spiro atoms. The summed E-state index contributed by atoms with van der Waals surface area (Å²) < 4.78 is 10.7. The molecule has 12 rings (SSSR count). The number of nitrogens with one attached hydrogen (secondary N) is 1. The highest BCUT2D eigenvalue weighted by Gasteiger charge is 2.27. The van der Waals surface area contributed by atoms with Crippen molar-refractivity contribution in [3.05, 3.63) is 131 Å². The summed E-state index contributed by atoms with van der Waals surface area (Å²) >= 11 is 5.42. The van der Waals surface area contributed by atoms with E-state index in [4.69, 9.17) is 22.4 Å². The first kappa shape index (κ1) is 64.5. The molecule has 0 saturated carbocycles. The molecular weight excluding hydrogens is 1200 g/mol. The fourth-order valence-electron chi connectivity index (χ4n) is 10.3. The molecule has 0 aliphatic carbocycles. The average molecular weight is 1270 g/mol. The molecule has 2 aliphatic rings. The van der Waals surface area contributed by atoms with Crippen molar-refractivity contribution < 1.29 is 19.5 Å². The molecular formula is C56H65ClN24O10. The summed E-state index contributed by atoms with van der Waals surface area (Å²) in [7, 11) is 8.61. The summed E-state index contributed by atoms with van der Waals surface area (Å²) in [6, 6.07) is 1.69. The lowest BCUT2D eigenvalue weighted by Crippen LogP contribution is -2.38. The minimum absolute atomic E-state index is 0.106. The van der Waals surface area contributed by atoms with E-state index in [0.29, 0.717) is 46.9 Å². The van der Waals surface area contributed by atoms with E-state index in [1.54, 1.807) is 57.0 Å². The molecule has 34 nitrogen and oxygen atoms in total. The van der Waals surface area contributed by atoms with Crippen LogP contribution in [0.5, 0.6) is 0 Å². The molecule has 476 valence electrons. The Balaban J connectivity index is 0.000000152. The molecule has 4 N–H and O–H groups in total. The van der Waals surface area contributed by atoms with Gasteiger partial charge >= 0.3 is 23.0 Å². The van der Waals surface area contributed by atoms with Gasteiger partial charge in [-0.25, -0.2) is 74.0 Å². The molecule has 2 fully saturated rings. The van der Waals surface area contributed by atoms with Crippen LogP contribution in [-0.4, -0.2) is 143 Å². The number of carboxylic acids is 1. The Labute approximate surface area is 519 Å². The summed E-state index contributed by atoms with van der Waals surface area (Å²) in [5.74, 6) is 1.63. The number of imidazole rings is 3. The van der Waals surface area contributed by atoms with E-state index in [1.807, 2.05) is 0 Å². The third-order valence-corrected chi connectivity index (χ3v) is 16.1. The van der Waals surface area contributed by atoms with Crippen molar-refractivity contribution in [1.82, 2.24) is 95.9 Å². The lowest BCUT2D eigenvalue weighted by Gasteiger charge is -2.20. The number of fused-ring (bicyclic) bond motifs is 3. The van der Waals surface area contributed by atoms with Gasteiger partial charge in [0.05, 0.1) is 30.1 Å². The van der Waals surface area contributed by atoms with Gasteiger partial charge in [-0.2, -0.15) is 0 Å². The van der Waals surface area contributed by atoms with E-state index < -0.39 is 69.0 Å². The number of carbonyl (C=O) groups excluding carboxylic acids is 2. The van der Waals surface area contributed by atoms with Crippen LogP contribution in [0.25, 0.3) is 56.3 Å². The molecule has 5 atom stereocenters.